The minimum atomic E-state index is -4.74. The average molecular weight is 421 g/mol. The molecule has 0 aliphatic carbocycles. The molecule has 3 rings (SSSR count). The third-order valence-electron chi connectivity index (χ3n) is 4.82. The number of guanidine groups is 1. The van der Waals surface area contributed by atoms with E-state index < -0.39 is 6.36 Å². The minimum absolute atomic E-state index is 0.0162. The van der Waals surface area contributed by atoms with E-state index in [9.17, 15) is 13.2 Å². The molecule has 0 spiro atoms. The molecule has 0 aromatic heterocycles. The van der Waals surface area contributed by atoms with Gasteiger partial charge in [0.25, 0.3) is 0 Å². The zero-order valence-electron chi connectivity index (χ0n) is 16.8. The lowest BCUT2D eigenvalue weighted by atomic mass is 9.95. The van der Waals surface area contributed by atoms with Crippen LogP contribution in [0, 0.1) is 5.92 Å². The van der Waals surface area contributed by atoms with Gasteiger partial charge in [-0.3, -0.25) is 0 Å². The van der Waals surface area contributed by atoms with Crippen molar-refractivity contribution in [2.75, 3.05) is 19.7 Å². The van der Waals surface area contributed by atoms with Gasteiger partial charge in [0.05, 0.1) is 12.6 Å². The Labute approximate surface area is 174 Å². The van der Waals surface area contributed by atoms with Crippen molar-refractivity contribution in [3.05, 3.63) is 65.7 Å². The van der Waals surface area contributed by atoms with Crippen LogP contribution in [-0.2, 0) is 11.3 Å². The van der Waals surface area contributed by atoms with E-state index in [0.29, 0.717) is 31.2 Å². The van der Waals surface area contributed by atoms with E-state index in [2.05, 4.69) is 32.5 Å². The van der Waals surface area contributed by atoms with Gasteiger partial charge in [0.2, 0.25) is 0 Å². The second kappa shape index (κ2) is 10.3. The first kappa shape index (κ1) is 22.0. The van der Waals surface area contributed by atoms with Gasteiger partial charge in [-0.1, -0.05) is 48.5 Å². The molecule has 0 bridgehead atoms. The molecule has 30 heavy (non-hydrogen) atoms. The largest absolute Gasteiger partial charge is 0.573 e. The first-order chi connectivity index (χ1) is 14.5. The van der Waals surface area contributed by atoms with E-state index in [0.717, 1.165) is 12.0 Å². The van der Waals surface area contributed by atoms with E-state index in [1.807, 2.05) is 25.1 Å². The Kier molecular flexibility index (Phi) is 7.57. The summed E-state index contributed by atoms with van der Waals surface area (Å²) in [6.07, 6.45) is -3.80. The number of rotatable bonds is 7. The van der Waals surface area contributed by atoms with Crippen molar-refractivity contribution in [2.24, 2.45) is 10.9 Å². The van der Waals surface area contributed by atoms with Crippen LogP contribution in [0.15, 0.2) is 59.6 Å². The van der Waals surface area contributed by atoms with Crippen LogP contribution in [-0.4, -0.2) is 32.0 Å². The van der Waals surface area contributed by atoms with Crippen molar-refractivity contribution >= 4 is 5.96 Å². The molecule has 1 saturated heterocycles. The lowest BCUT2D eigenvalue weighted by molar-refractivity contribution is -0.274. The van der Waals surface area contributed by atoms with Crippen LogP contribution in [0.3, 0.4) is 0 Å². The molecule has 0 amide bonds. The molecule has 2 atom stereocenters. The van der Waals surface area contributed by atoms with E-state index in [-0.39, 0.29) is 24.3 Å². The summed E-state index contributed by atoms with van der Waals surface area (Å²) < 4.78 is 47.9. The molecular weight excluding hydrogens is 395 g/mol. The summed E-state index contributed by atoms with van der Waals surface area (Å²) in [4.78, 5) is 4.44. The van der Waals surface area contributed by atoms with Crippen LogP contribution >= 0.6 is 0 Å². The number of benzene rings is 2. The molecule has 5 nitrogen and oxygen atoms in total. The number of hydrogen-bond acceptors (Lipinski definition) is 3. The monoisotopic (exact) mass is 421 g/mol. The molecule has 2 aromatic carbocycles. The van der Waals surface area contributed by atoms with Crippen molar-refractivity contribution in [3.63, 3.8) is 0 Å². The minimum Gasteiger partial charge on any atom is -0.405 e. The number of aliphatic imine (C=N–C) groups is 1. The Morgan fingerprint density at radius 1 is 1.10 bits per heavy atom. The summed E-state index contributed by atoms with van der Waals surface area (Å²) in [5.74, 6) is 0.577. The van der Waals surface area contributed by atoms with Gasteiger partial charge in [-0.25, -0.2) is 4.99 Å². The number of para-hydroxylation sites is 1. The molecule has 8 heteroatoms. The van der Waals surface area contributed by atoms with Crippen LogP contribution in [0.1, 0.15) is 30.6 Å². The number of halogens is 3. The second-order valence-electron chi connectivity index (χ2n) is 6.98. The maximum Gasteiger partial charge on any atom is 0.573 e. The van der Waals surface area contributed by atoms with Gasteiger partial charge < -0.3 is 20.1 Å². The Hall–Kier alpha value is -2.74. The summed E-state index contributed by atoms with van der Waals surface area (Å²) in [6, 6.07) is 16.1. The predicted molar refractivity (Wildman–Crippen MR) is 109 cm³/mol. The van der Waals surface area contributed by atoms with Gasteiger partial charge in [0.1, 0.15) is 5.75 Å². The highest BCUT2D eigenvalue weighted by atomic mass is 19.4. The molecular formula is C22H26F3N3O2. The topological polar surface area (TPSA) is 54.9 Å². The van der Waals surface area contributed by atoms with Crippen molar-refractivity contribution in [2.45, 2.75) is 32.4 Å². The number of nitrogens with one attached hydrogen (secondary N) is 2. The quantitative estimate of drug-likeness (QED) is 0.513. The molecule has 1 fully saturated rings. The second-order valence-corrected chi connectivity index (χ2v) is 6.98. The van der Waals surface area contributed by atoms with Crippen molar-refractivity contribution < 1.29 is 22.6 Å². The Morgan fingerprint density at radius 3 is 2.57 bits per heavy atom. The summed E-state index contributed by atoms with van der Waals surface area (Å²) in [6.45, 7) is 3.97. The first-order valence-electron chi connectivity index (χ1n) is 9.98. The standard InChI is InChI=1S/C22H26F3N3O2/c1-2-26-21(27-14-17-10-6-7-11-19(17)30-22(23,24)25)28-15-18-12-13-29-20(18)16-8-4-3-5-9-16/h3-11,18,20H,2,12-15H2,1H3,(H2,26,27,28). The lowest BCUT2D eigenvalue weighted by Crippen LogP contribution is -2.40. The van der Waals surface area contributed by atoms with Gasteiger partial charge in [-0.05, 0) is 25.0 Å². The Balaban J connectivity index is 1.64. The normalized spacial score (nSPS) is 19.5. The van der Waals surface area contributed by atoms with Gasteiger partial charge in [0.15, 0.2) is 5.96 Å². The molecule has 2 N–H and O–H groups in total. The average Bonchev–Trinajstić information content (AvgIpc) is 3.19. The molecule has 2 aromatic rings. The zero-order chi connectivity index (χ0) is 21.4. The zero-order valence-corrected chi connectivity index (χ0v) is 16.8. The smallest absolute Gasteiger partial charge is 0.405 e. The van der Waals surface area contributed by atoms with Crippen molar-refractivity contribution in [1.82, 2.24) is 10.6 Å². The number of hydrogen-bond donors (Lipinski definition) is 2. The predicted octanol–water partition coefficient (Wildman–Crippen LogP) is 4.42. The fraction of sp³-hybridized carbons (Fsp3) is 0.409. The fourth-order valence-corrected chi connectivity index (χ4v) is 3.45. The van der Waals surface area contributed by atoms with Crippen LogP contribution < -0.4 is 15.4 Å². The van der Waals surface area contributed by atoms with E-state index in [1.54, 1.807) is 12.1 Å². The third-order valence-corrected chi connectivity index (χ3v) is 4.82. The Morgan fingerprint density at radius 2 is 1.83 bits per heavy atom. The van der Waals surface area contributed by atoms with Crippen LogP contribution in [0.5, 0.6) is 5.75 Å². The molecule has 162 valence electrons. The molecule has 1 heterocycles. The van der Waals surface area contributed by atoms with Gasteiger partial charge >= 0.3 is 6.36 Å². The highest BCUT2D eigenvalue weighted by Gasteiger charge is 2.32. The van der Waals surface area contributed by atoms with Gasteiger partial charge in [-0.15, -0.1) is 13.2 Å². The summed E-state index contributed by atoms with van der Waals surface area (Å²) >= 11 is 0. The van der Waals surface area contributed by atoms with Gasteiger partial charge in [0, 0.05) is 31.2 Å². The highest BCUT2D eigenvalue weighted by Crippen LogP contribution is 2.34. The first-order valence-corrected chi connectivity index (χ1v) is 9.98. The molecule has 1 aliphatic heterocycles. The molecule has 1 aliphatic rings. The third kappa shape index (κ3) is 6.38. The molecule has 0 radical (unpaired) electrons. The van der Waals surface area contributed by atoms with E-state index >= 15 is 0 Å². The number of ether oxygens (including phenoxy) is 2. The summed E-state index contributed by atoms with van der Waals surface area (Å²) in [5.41, 5.74) is 1.50. The lowest BCUT2D eigenvalue weighted by Gasteiger charge is -2.21. The SMILES string of the molecule is CCNC(=NCc1ccccc1OC(F)(F)F)NCC1CCOC1c1ccccc1. The maximum atomic E-state index is 12.6. The maximum absolute atomic E-state index is 12.6. The van der Waals surface area contributed by atoms with Crippen molar-refractivity contribution in [3.8, 4) is 5.75 Å². The van der Waals surface area contributed by atoms with Crippen LogP contribution in [0.2, 0.25) is 0 Å². The van der Waals surface area contributed by atoms with Gasteiger partial charge in [-0.2, -0.15) is 0 Å². The highest BCUT2D eigenvalue weighted by molar-refractivity contribution is 5.79. The number of alkyl halides is 3. The molecule has 0 saturated carbocycles. The fourth-order valence-electron chi connectivity index (χ4n) is 3.45. The number of nitrogens with zero attached hydrogens (tertiary/aromatic N) is 1. The summed E-state index contributed by atoms with van der Waals surface area (Å²) in [7, 11) is 0. The van der Waals surface area contributed by atoms with Crippen LogP contribution in [0.4, 0.5) is 13.2 Å². The van der Waals surface area contributed by atoms with E-state index in [1.165, 1.54) is 12.1 Å². The van der Waals surface area contributed by atoms with Crippen LogP contribution in [0.25, 0.3) is 0 Å². The van der Waals surface area contributed by atoms with Crippen molar-refractivity contribution in [1.29, 1.82) is 0 Å². The Bertz CT molecular complexity index is 828. The van der Waals surface area contributed by atoms with E-state index in [4.69, 9.17) is 4.74 Å². The summed E-state index contributed by atoms with van der Waals surface area (Å²) in [5, 5.41) is 6.43. The molecule has 2 unspecified atom stereocenters.